The fourth-order valence-corrected chi connectivity index (χ4v) is 5.34. The van der Waals surface area contributed by atoms with Gasteiger partial charge in [0.25, 0.3) is 0 Å². The SMILES string of the molecule is C=CC(=O)OCCOc1ccc2c(c1)C(C)c1cc(SC(=O)c3ccc(OCCCCOC(=O)C(=C)CO)cc3)ccc1-2. The number of aliphatic hydroxyl groups is 1. The number of aliphatic hydroxyl groups excluding tert-OH is 1. The molecule has 0 amide bonds. The average molecular weight is 603 g/mol. The average Bonchev–Trinajstić information content (AvgIpc) is 3.30. The summed E-state index contributed by atoms with van der Waals surface area (Å²) in [4.78, 5) is 36.5. The molecule has 0 heterocycles. The molecule has 1 unspecified atom stereocenters. The van der Waals surface area contributed by atoms with Crippen LogP contribution >= 0.6 is 11.8 Å². The zero-order valence-electron chi connectivity index (χ0n) is 24.0. The van der Waals surface area contributed by atoms with Crippen molar-refractivity contribution in [2.24, 2.45) is 0 Å². The highest BCUT2D eigenvalue weighted by Crippen LogP contribution is 2.47. The molecule has 1 aliphatic rings. The Bertz CT molecular complexity index is 1490. The van der Waals surface area contributed by atoms with Crippen molar-refractivity contribution in [3.05, 3.63) is 102 Å². The Morgan fingerprint density at radius 2 is 1.49 bits per heavy atom. The number of thioether (sulfide) groups is 1. The quantitative estimate of drug-likeness (QED) is 0.0954. The molecule has 224 valence electrons. The molecule has 1 atom stereocenters. The smallest absolute Gasteiger partial charge is 0.335 e. The number of carbonyl (C=O) groups excluding carboxylic acids is 3. The van der Waals surface area contributed by atoms with Crippen molar-refractivity contribution in [1.82, 2.24) is 0 Å². The second-order valence-corrected chi connectivity index (χ2v) is 10.9. The van der Waals surface area contributed by atoms with Gasteiger partial charge in [0.1, 0.15) is 24.7 Å². The van der Waals surface area contributed by atoms with Gasteiger partial charge in [0, 0.05) is 22.5 Å². The van der Waals surface area contributed by atoms with Crippen molar-refractivity contribution < 1.29 is 38.4 Å². The standard InChI is InChI=1S/C34H34O8S/c1-4-32(36)41-18-17-40-26-11-13-28-29-14-12-27(20-31(29)23(3)30(28)19-26)43-34(38)24-7-9-25(10-8-24)39-15-5-6-16-42-33(37)22(2)21-35/h4,7-14,19-20,23,35H,1-2,5-6,15-18,21H2,3H3. The zero-order chi connectivity index (χ0) is 30.8. The molecule has 9 heteroatoms. The third-order valence-corrected chi connectivity index (χ3v) is 7.76. The largest absolute Gasteiger partial charge is 0.494 e. The van der Waals surface area contributed by atoms with E-state index in [-0.39, 0.29) is 36.4 Å². The highest BCUT2D eigenvalue weighted by atomic mass is 32.2. The van der Waals surface area contributed by atoms with Gasteiger partial charge in [-0.05, 0) is 95.4 Å². The Morgan fingerprint density at radius 3 is 2.21 bits per heavy atom. The van der Waals surface area contributed by atoms with Crippen molar-refractivity contribution in [2.75, 3.05) is 33.0 Å². The molecule has 3 aromatic rings. The predicted octanol–water partition coefficient (Wildman–Crippen LogP) is 6.11. The molecule has 0 radical (unpaired) electrons. The Morgan fingerprint density at radius 1 is 0.837 bits per heavy atom. The van der Waals surface area contributed by atoms with Gasteiger partial charge in [-0.2, -0.15) is 0 Å². The summed E-state index contributed by atoms with van der Waals surface area (Å²) >= 11 is 1.19. The van der Waals surface area contributed by atoms with Crippen molar-refractivity contribution in [3.8, 4) is 22.6 Å². The number of hydrogen-bond acceptors (Lipinski definition) is 9. The van der Waals surface area contributed by atoms with E-state index in [0.29, 0.717) is 36.5 Å². The summed E-state index contributed by atoms with van der Waals surface area (Å²) in [5, 5.41) is 8.80. The van der Waals surface area contributed by atoms with Crippen molar-refractivity contribution in [3.63, 3.8) is 0 Å². The van der Waals surface area contributed by atoms with E-state index in [0.717, 1.165) is 33.2 Å². The van der Waals surface area contributed by atoms with Gasteiger partial charge in [0.15, 0.2) is 0 Å². The zero-order valence-corrected chi connectivity index (χ0v) is 24.8. The lowest BCUT2D eigenvalue weighted by Gasteiger charge is -2.11. The highest BCUT2D eigenvalue weighted by Gasteiger charge is 2.26. The summed E-state index contributed by atoms with van der Waals surface area (Å²) in [5.41, 5.74) is 5.19. The van der Waals surface area contributed by atoms with E-state index in [9.17, 15) is 14.4 Å². The van der Waals surface area contributed by atoms with Gasteiger partial charge in [-0.25, -0.2) is 9.59 Å². The predicted molar refractivity (Wildman–Crippen MR) is 165 cm³/mol. The summed E-state index contributed by atoms with van der Waals surface area (Å²) < 4.78 is 21.5. The van der Waals surface area contributed by atoms with Crippen LogP contribution in [0.4, 0.5) is 0 Å². The lowest BCUT2D eigenvalue weighted by atomic mass is 9.99. The first kappa shape index (κ1) is 31.6. The van der Waals surface area contributed by atoms with E-state index in [2.05, 4.69) is 32.2 Å². The number of fused-ring (bicyclic) bond motifs is 3. The molecule has 8 nitrogen and oxygen atoms in total. The monoisotopic (exact) mass is 602 g/mol. The molecule has 43 heavy (non-hydrogen) atoms. The van der Waals surface area contributed by atoms with E-state index in [1.165, 1.54) is 11.8 Å². The molecule has 0 aromatic heterocycles. The van der Waals surface area contributed by atoms with Crippen LogP contribution in [0.5, 0.6) is 11.5 Å². The van der Waals surface area contributed by atoms with Crippen LogP contribution in [0.2, 0.25) is 0 Å². The van der Waals surface area contributed by atoms with Crippen LogP contribution in [0.1, 0.15) is 47.2 Å². The number of carbonyl (C=O) groups is 3. The molecular formula is C34H34O8S. The van der Waals surface area contributed by atoms with E-state index in [4.69, 9.17) is 24.1 Å². The minimum absolute atomic E-state index is 0.0318. The molecule has 0 aliphatic heterocycles. The lowest BCUT2D eigenvalue weighted by Crippen LogP contribution is -2.11. The summed E-state index contributed by atoms with van der Waals surface area (Å²) in [6.07, 6.45) is 2.42. The third-order valence-electron chi connectivity index (χ3n) is 6.85. The van der Waals surface area contributed by atoms with Crippen LogP contribution < -0.4 is 9.47 Å². The molecule has 4 rings (SSSR count). The van der Waals surface area contributed by atoms with Crippen molar-refractivity contribution in [2.45, 2.75) is 30.6 Å². The Kier molecular flexibility index (Phi) is 11.2. The van der Waals surface area contributed by atoms with E-state index in [1.54, 1.807) is 24.3 Å². The maximum atomic E-state index is 13.0. The maximum Gasteiger partial charge on any atom is 0.335 e. The Hall–Kier alpha value is -4.34. The van der Waals surface area contributed by atoms with Crippen LogP contribution in [0.15, 0.2) is 90.4 Å². The summed E-state index contributed by atoms with van der Waals surface area (Å²) in [5.74, 6) is 0.414. The second-order valence-electron chi connectivity index (χ2n) is 9.81. The number of ether oxygens (including phenoxy) is 4. The number of hydrogen-bond donors (Lipinski definition) is 1. The number of rotatable bonds is 15. The Balaban J connectivity index is 1.26. The van der Waals surface area contributed by atoms with Crippen LogP contribution in [0.25, 0.3) is 11.1 Å². The maximum absolute atomic E-state index is 13.0. The van der Waals surface area contributed by atoms with Crippen LogP contribution in [0, 0.1) is 0 Å². The fourth-order valence-electron chi connectivity index (χ4n) is 4.55. The van der Waals surface area contributed by atoms with Crippen LogP contribution in [-0.2, 0) is 19.1 Å². The highest BCUT2D eigenvalue weighted by molar-refractivity contribution is 8.14. The lowest BCUT2D eigenvalue weighted by molar-refractivity contribution is -0.140. The molecule has 0 spiro atoms. The molecule has 1 aliphatic carbocycles. The fraction of sp³-hybridized carbons (Fsp3) is 0.265. The van der Waals surface area contributed by atoms with Crippen molar-refractivity contribution >= 4 is 28.8 Å². The van der Waals surface area contributed by atoms with E-state index < -0.39 is 18.5 Å². The minimum Gasteiger partial charge on any atom is -0.494 e. The summed E-state index contributed by atoms with van der Waals surface area (Å²) in [6.45, 7) is 9.57. The number of unbranched alkanes of at least 4 members (excludes halogenated alkanes) is 1. The van der Waals surface area contributed by atoms with Gasteiger partial charge in [-0.1, -0.05) is 32.2 Å². The van der Waals surface area contributed by atoms with Gasteiger partial charge >= 0.3 is 11.9 Å². The van der Waals surface area contributed by atoms with Gasteiger partial charge < -0.3 is 24.1 Å². The molecule has 0 saturated heterocycles. The first-order chi connectivity index (χ1) is 20.8. The molecule has 3 aromatic carbocycles. The van der Waals surface area contributed by atoms with Crippen LogP contribution in [-0.4, -0.2) is 55.2 Å². The van der Waals surface area contributed by atoms with Gasteiger partial charge in [0.05, 0.1) is 25.4 Å². The van der Waals surface area contributed by atoms with Gasteiger partial charge in [-0.15, -0.1) is 0 Å². The number of benzene rings is 3. The van der Waals surface area contributed by atoms with Crippen molar-refractivity contribution in [1.29, 1.82) is 0 Å². The van der Waals surface area contributed by atoms with Crippen LogP contribution in [0.3, 0.4) is 0 Å². The Labute approximate surface area is 255 Å². The summed E-state index contributed by atoms with van der Waals surface area (Å²) in [6, 6.07) is 19.1. The van der Waals surface area contributed by atoms with E-state index >= 15 is 0 Å². The molecule has 1 N–H and O–H groups in total. The van der Waals surface area contributed by atoms with E-state index in [1.807, 2.05) is 24.3 Å². The molecule has 0 bridgehead atoms. The second kappa shape index (κ2) is 15.2. The topological polar surface area (TPSA) is 108 Å². The molecule has 0 fully saturated rings. The molecule has 0 saturated carbocycles. The first-order valence-electron chi connectivity index (χ1n) is 13.9. The first-order valence-corrected chi connectivity index (χ1v) is 14.7. The third kappa shape index (κ3) is 8.37. The minimum atomic E-state index is -0.594. The normalized spacial score (nSPS) is 12.9. The molecular weight excluding hydrogens is 568 g/mol. The van der Waals surface area contributed by atoms with Gasteiger partial charge in [-0.3, -0.25) is 4.79 Å². The number of esters is 2. The van der Waals surface area contributed by atoms with Gasteiger partial charge in [0.2, 0.25) is 5.12 Å². The summed E-state index contributed by atoms with van der Waals surface area (Å²) in [7, 11) is 0.